The van der Waals surface area contributed by atoms with E-state index < -0.39 is 12.2 Å². The van der Waals surface area contributed by atoms with E-state index in [1.165, 1.54) is 30.6 Å². The van der Waals surface area contributed by atoms with Gasteiger partial charge in [0, 0.05) is 24.2 Å². The number of ether oxygens (including phenoxy) is 1. The molecule has 6 nitrogen and oxygen atoms in total. The highest BCUT2D eigenvalue weighted by molar-refractivity contribution is 7.20. The van der Waals surface area contributed by atoms with Crippen molar-refractivity contribution in [1.82, 2.24) is 14.6 Å². The fourth-order valence-electron chi connectivity index (χ4n) is 2.97. The van der Waals surface area contributed by atoms with E-state index in [9.17, 15) is 8.78 Å². The van der Waals surface area contributed by atoms with Crippen molar-refractivity contribution in [3.63, 3.8) is 0 Å². The van der Waals surface area contributed by atoms with E-state index in [-0.39, 0.29) is 12.4 Å². The Morgan fingerprint density at radius 2 is 2.24 bits per heavy atom. The molecule has 1 aliphatic rings. The van der Waals surface area contributed by atoms with Crippen molar-refractivity contribution in [2.24, 2.45) is 5.73 Å². The Balaban J connectivity index is 1.72. The summed E-state index contributed by atoms with van der Waals surface area (Å²) in [6, 6.07) is 3.90. The van der Waals surface area contributed by atoms with E-state index in [0.29, 0.717) is 40.1 Å². The molecular weight excluding hydrogens is 348 g/mol. The number of imidazole rings is 1. The molecule has 132 valence electrons. The summed E-state index contributed by atoms with van der Waals surface area (Å²) in [5.41, 5.74) is 7.12. The van der Waals surface area contributed by atoms with Gasteiger partial charge in [0.2, 0.25) is 10.1 Å². The number of alkyl halides is 1. The van der Waals surface area contributed by atoms with Crippen molar-refractivity contribution < 1.29 is 13.5 Å². The van der Waals surface area contributed by atoms with Gasteiger partial charge in [-0.2, -0.15) is 0 Å². The molecule has 3 aromatic rings. The lowest BCUT2D eigenvalue weighted by molar-refractivity contribution is 0.251. The van der Waals surface area contributed by atoms with Crippen molar-refractivity contribution in [3.05, 3.63) is 30.2 Å². The lowest BCUT2D eigenvalue weighted by Gasteiger charge is -2.32. The van der Waals surface area contributed by atoms with Gasteiger partial charge in [0.15, 0.2) is 0 Å². The van der Waals surface area contributed by atoms with Gasteiger partial charge in [0.1, 0.15) is 17.7 Å². The number of piperidine rings is 1. The summed E-state index contributed by atoms with van der Waals surface area (Å²) < 4.78 is 34.3. The first kappa shape index (κ1) is 16.2. The Labute approximate surface area is 146 Å². The molecule has 1 aliphatic heterocycles. The van der Waals surface area contributed by atoms with Gasteiger partial charge >= 0.3 is 0 Å². The maximum atomic E-state index is 13.9. The summed E-state index contributed by atoms with van der Waals surface area (Å²) in [5, 5.41) is 5.27. The van der Waals surface area contributed by atoms with Gasteiger partial charge < -0.3 is 15.4 Å². The first-order valence-corrected chi connectivity index (χ1v) is 8.71. The SMILES string of the molecule is COc1cc(F)ccc1-c1cnc2sc(N3CC[C@@H](N)[C@@H](F)C3)nn12. The van der Waals surface area contributed by atoms with Crippen LogP contribution in [0.5, 0.6) is 5.75 Å². The number of rotatable bonds is 3. The van der Waals surface area contributed by atoms with E-state index in [0.717, 1.165) is 0 Å². The van der Waals surface area contributed by atoms with Crippen LogP contribution >= 0.6 is 11.3 Å². The number of fused-ring (bicyclic) bond motifs is 1. The number of anilines is 1. The number of halogens is 2. The second-order valence-corrected chi connectivity index (χ2v) is 6.92. The van der Waals surface area contributed by atoms with E-state index >= 15 is 0 Å². The molecule has 0 aliphatic carbocycles. The Morgan fingerprint density at radius 1 is 1.40 bits per heavy atom. The molecule has 0 radical (unpaired) electrons. The Hall–Kier alpha value is -2.26. The van der Waals surface area contributed by atoms with Gasteiger partial charge in [-0.25, -0.2) is 18.3 Å². The minimum absolute atomic E-state index is 0.229. The third-order valence-electron chi connectivity index (χ3n) is 4.38. The van der Waals surface area contributed by atoms with Crippen molar-refractivity contribution in [2.75, 3.05) is 25.1 Å². The fraction of sp³-hybridized carbons (Fsp3) is 0.375. The van der Waals surface area contributed by atoms with E-state index in [1.54, 1.807) is 16.8 Å². The standard InChI is InChI=1S/C16H17F2N5OS/c1-24-14-6-9(17)2-3-10(14)13-7-20-15-23(13)21-16(25-15)22-5-4-12(19)11(18)8-22/h2-3,6-7,11-12H,4-5,8,19H2,1H3/t11-,12+/m0/s1. The highest BCUT2D eigenvalue weighted by Gasteiger charge is 2.28. The Kier molecular flexibility index (Phi) is 4.04. The highest BCUT2D eigenvalue weighted by atomic mass is 32.1. The van der Waals surface area contributed by atoms with Crippen molar-refractivity contribution in [1.29, 1.82) is 0 Å². The molecule has 0 amide bonds. The lowest BCUT2D eigenvalue weighted by atomic mass is 10.1. The van der Waals surface area contributed by atoms with Gasteiger partial charge in [-0.3, -0.25) is 0 Å². The second-order valence-electron chi connectivity index (χ2n) is 5.98. The van der Waals surface area contributed by atoms with E-state index in [2.05, 4.69) is 10.1 Å². The van der Waals surface area contributed by atoms with Gasteiger partial charge in [0.05, 0.1) is 25.5 Å². The first-order chi connectivity index (χ1) is 12.1. The summed E-state index contributed by atoms with van der Waals surface area (Å²) in [7, 11) is 1.49. The highest BCUT2D eigenvalue weighted by Crippen LogP contribution is 2.34. The first-order valence-electron chi connectivity index (χ1n) is 7.90. The molecule has 0 spiro atoms. The van der Waals surface area contributed by atoms with Crippen LogP contribution in [0, 0.1) is 5.82 Å². The summed E-state index contributed by atoms with van der Waals surface area (Å²) in [5.74, 6) is 0.0306. The predicted molar refractivity (Wildman–Crippen MR) is 92.5 cm³/mol. The van der Waals surface area contributed by atoms with Gasteiger partial charge in [0.25, 0.3) is 0 Å². The van der Waals surface area contributed by atoms with Gasteiger partial charge in [-0.05, 0) is 18.6 Å². The quantitative estimate of drug-likeness (QED) is 0.772. The molecule has 1 saturated heterocycles. The Bertz CT molecular complexity index is 911. The number of methoxy groups -OCH3 is 1. The summed E-state index contributed by atoms with van der Waals surface area (Å²) in [6.45, 7) is 0.889. The zero-order valence-electron chi connectivity index (χ0n) is 13.5. The summed E-state index contributed by atoms with van der Waals surface area (Å²) in [4.78, 5) is 6.94. The summed E-state index contributed by atoms with van der Waals surface area (Å²) >= 11 is 1.38. The molecule has 0 unspecified atom stereocenters. The molecule has 2 aromatic heterocycles. The van der Waals surface area contributed by atoms with Crippen molar-refractivity contribution in [3.8, 4) is 17.0 Å². The average Bonchev–Trinajstić information content (AvgIpc) is 3.18. The minimum atomic E-state index is -1.07. The molecular formula is C16H17F2N5OS. The van der Waals surface area contributed by atoms with Crippen LogP contribution in [-0.2, 0) is 0 Å². The zero-order chi connectivity index (χ0) is 17.6. The molecule has 3 heterocycles. The lowest BCUT2D eigenvalue weighted by Crippen LogP contribution is -2.48. The predicted octanol–water partition coefficient (Wildman–Crippen LogP) is 2.48. The van der Waals surface area contributed by atoms with Crippen LogP contribution in [0.4, 0.5) is 13.9 Å². The van der Waals surface area contributed by atoms with E-state index in [1.807, 2.05) is 4.90 Å². The number of hydrogen-bond donors (Lipinski definition) is 1. The van der Waals surface area contributed by atoms with Gasteiger partial charge in [-0.1, -0.05) is 11.3 Å². The van der Waals surface area contributed by atoms with Crippen LogP contribution < -0.4 is 15.4 Å². The monoisotopic (exact) mass is 365 g/mol. The molecule has 4 rings (SSSR count). The number of hydrogen-bond acceptors (Lipinski definition) is 6. The van der Waals surface area contributed by atoms with Crippen LogP contribution in [0.3, 0.4) is 0 Å². The van der Waals surface area contributed by atoms with Crippen LogP contribution in [0.1, 0.15) is 6.42 Å². The molecule has 2 N–H and O–H groups in total. The zero-order valence-corrected chi connectivity index (χ0v) is 14.3. The Morgan fingerprint density at radius 3 is 3.00 bits per heavy atom. The smallest absolute Gasteiger partial charge is 0.214 e. The summed E-state index contributed by atoms with van der Waals surface area (Å²) in [6.07, 6.45) is 1.19. The minimum Gasteiger partial charge on any atom is -0.496 e. The van der Waals surface area contributed by atoms with Crippen LogP contribution in [-0.4, -0.2) is 47.0 Å². The maximum absolute atomic E-state index is 13.9. The van der Waals surface area contributed by atoms with Crippen molar-refractivity contribution >= 4 is 21.4 Å². The number of benzene rings is 1. The molecule has 9 heteroatoms. The molecule has 1 aromatic carbocycles. The largest absolute Gasteiger partial charge is 0.496 e. The van der Waals surface area contributed by atoms with Crippen LogP contribution in [0.25, 0.3) is 16.2 Å². The normalized spacial score (nSPS) is 21.0. The number of nitrogens with zero attached hydrogens (tertiary/aromatic N) is 4. The topological polar surface area (TPSA) is 68.7 Å². The third kappa shape index (κ3) is 2.83. The maximum Gasteiger partial charge on any atom is 0.214 e. The third-order valence-corrected chi connectivity index (χ3v) is 5.36. The number of aromatic nitrogens is 3. The average molecular weight is 365 g/mol. The van der Waals surface area contributed by atoms with Crippen LogP contribution in [0.2, 0.25) is 0 Å². The molecule has 2 atom stereocenters. The van der Waals surface area contributed by atoms with Crippen LogP contribution in [0.15, 0.2) is 24.4 Å². The molecule has 0 saturated carbocycles. The van der Waals surface area contributed by atoms with E-state index in [4.69, 9.17) is 10.5 Å². The molecule has 0 bridgehead atoms. The number of nitrogens with two attached hydrogens (primary N) is 1. The van der Waals surface area contributed by atoms with Gasteiger partial charge in [-0.15, -0.1) is 5.10 Å². The fourth-order valence-corrected chi connectivity index (χ4v) is 3.88. The van der Waals surface area contributed by atoms with Crippen molar-refractivity contribution in [2.45, 2.75) is 18.6 Å². The molecule has 1 fully saturated rings. The molecule has 25 heavy (non-hydrogen) atoms. The second kappa shape index (κ2) is 6.23.